The third-order valence-electron chi connectivity index (χ3n) is 8.33. The lowest BCUT2D eigenvalue weighted by Gasteiger charge is -2.36. The van der Waals surface area contributed by atoms with Crippen molar-refractivity contribution in [1.29, 1.82) is 0 Å². The monoisotopic (exact) mass is 604 g/mol. The number of carbonyl (C=O) groups excluding carboxylic acids is 2. The number of nitrogens with zero attached hydrogens (tertiary/aromatic N) is 1. The molecule has 2 aromatic carbocycles. The molecule has 2 aromatic rings. The molecule has 1 unspecified atom stereocenters. The molecular formula is C38H56N2O4. The van der Waals surface area contributed by atoms with E-state index in [1.807, 2.05) is 64.1 Å². The zero-order chi connectivity index (χ0) is 32.7. The van der Waals surface area contributed by atoms with E-state index in [0.29, 0.717) is 17.2 Å². The molecule has 0 radical (unpaired) electrons. The van der Waals surface area contributed by atoms with Crippen molar-refractivity contribution in [2.75, 3.05) is 0 Å². The molecule has 0 aromatic heterocycles. The lowest BCUT2D eigenvalue weighted by Crippen LogP contribution is -2.36. The van der Waals surface area contributed by atoms with Gasteiger partial charge in [-0.1, -0.05) is 53.7 Å². The number of benzene rings is 2. The van der Waals surface area contributed by atoms with Crippen LogP contribution in [0.15, 0.2) is 53.5 Å². The minimum atomic E-state index is -0.345. The predicted octanol–water partition coefficient (Wildman–Crippen LogP) is 9.12. The highest BCUT2D eigenvalue weighted by Gasteiger charge is 2.31. The highest BCUT2D eigenvalue weighted by molar-refractivity contribution is 6.45. The van der Waals surface area contributed by atoms with Crippen molar-refractivity contribution in [3.63, 3.8) is 0 Å². The van der Waals surface area contributed by atoms with Crippen LogP contribution in [-0.4, -0.2) is 35.8 Å². The van der Waals surface area contributed by atoms with Crippen LogP contribution in [0.2, 0.25) is 0 Å². The molecule has 1 aliphatic rings. The SMILES string of the molecule is CC(C)OC(=O)c1ccc(C(CCC(C)(C)C)NC(=O)C(=NC2CCC(C(C)(C)C)CC2)c2ccc(OC(C)C)cc2)cc1. The molecule has 0 saturated heterocycles. The molecule has 1 aliphatic carbocycles. The fourth-order valence-electron chi connectivity index (χ4n) is 5.74. The normalized spacial score (nSPS) is 18.7. The van der Waals surface area contributed by atoms with E-state index in [1.165, 1.54) is 0 Å². The maximum atomic E-state index is 14.2. The zero-order valence-electron chi connectivity index (χ0n) is 28.8. The summed E-state index contributed by atoms with van der Waals surface area (Å²) in [4.78, 5) is 31.7. The Hall–Kier alpha value is -3.15. The van der Waals surface area contributed by atoms with Crippen LogP contribution in [0.3, 0.4) is 0 Å². The van der Waals surface area contributed by atoms with E-state index in [4.69, 9.17) is 14.5 Å². The smallest absolute Gasteiger partial charge is 0.338 e. The quantitative estimate of drug-likeness (QED) is 0.205. The number of aliphatic imine (C=N–C) groups is 1. The summed E-state index contributed by atoms with van der Waals surface area (Å²) >= 11 is 0. The van der Waals surface area contributed by atoms with Gasteiger partial charge in [0, 0.05) is 5.56 Å². The van der Waals surface area contributed by atoms with Gasteiger partial charge in [0.1, 0.15) is 11.5 Å². The summed E-state index contributed by atoms with van der Waals surface area (Å²) in [6.45, 7) is 21.2. The summed E-state index contributed by atoms with van der Waals surface area (Å²) in [6.07, 6.45) is 5.76. The first-order valence-electron chi connectivity index (χ1n) is 16.5. The van der Waals surface area contributed by atoms with Gasteiger partial charge in [-0.15, -0.1) is 0 Å². The Morgan fingerprint density at radius 3 is 1.89 bits per heavy atom. The van der Waals surface area contributed by atoms with Crippen molar-refractivity contribution in [2.24, 2.45) is 21.7 Å². The minimum Gasteiger partial charge on any atom is -0.491 e. The molecule has 1 atom stereocenters. The largest absolute Gasteiger partial charge is 0.491 e. The number of esters is 1. The number of ether oxygens (including phenoxy) is 2. The number of hydrogen-bond acceptors (Lipinski definition) is 5. The van der Waals surface area contributed by atoms with Gasteiger partial charge in [-0.25, -0.2) is 4.79 Å². The third kappa shape index (κ3) is 11.1. The average molecular weight is 605 g/mol. The van der Waals surface area contributed by atoms with Crippen molar-refractivity contribution in [2.45, 2.75) is 132 Å². The fourth-order valence-corrected chi connectivity index (χ4v) is 5.74. The molecule has 1 saturated carbocycles. The van der Waals surface area contributed by atoms with E-state index in [-0.39, 0.29) is 47.0 Å². The van der Waals surface area contributed by atoms with E-state index in [0.717, 1.165) is 55.4 Å². The standard InChI is InChI=1S/C38H56N2O4/c1-25(2)43-32-21-15-28(16-22-32)34(39-31-19-17-30(18-20-31)38(8,9)10)35(41)40-33(23-24-37(5,6)7)27-11-13-29(14-12-27)36(42)44-26(3)4/h11-16,21-22,25-26,30-31,33H,17-20,23-24H2,1-10H3,(H,40,41). The van der Waals surface area contributed by atoms with Crippen LogP contribution in [-0.2, 0) is 9.53 Å². The van der Waals surface area contributed by atoms with Crippen molar-refractivity contribution in [3.05, 3.63) is 65.2 Å². The molecule has 3 rings (SSSR count). The Kier molecular flexibility index (Phi) is 12.2. The molecule has 242 valence electrons. The van der Waals surface area contributed by atoms with Crippen molar-refractivity contribution < 1.29 is 19.1 Å². The van der Waals surface area contributed by atoms with Gasteiger partial charge >= 0.3 is 5.97 Å². The summed E-state index contributed by atoms with van der Waals surface area (Å²) in [5.74, 6) is 0.916. The van der Waals surface area contributed by atoms with E-state index in [9.17, 15) is 9.59 Å². The number of amides is 1. The summed E-state index contributed by atoms with van der Waals surface area (Å²) in [5.41, 5.74) is 3.09. The Bertz CT molecular complexity index is 1240. The Labute approximate surface area is 266 Å². The lowest BCUT2D eigenvalue weighted by atomic mass is 9.71. The molecular weight excluding hydrogens is 548 g/mol. The Morgan fingerprint density at radius 1 is 0.818 bits per heavy atom. The van der Waals surface area contributed by atoms with Gasteiger partial charge in [-0.05, 0) is 125 Å². The number of carbonyl (C=O) groups is 2. The Morgan fingerprint density at radius 2 is 1.39 bits per heavy atom. The first-order chi connectivity index (χ1) is 20.5. The molecule has 6 heteroatoms. The summed E-state index contributed by atoms with van der Waals surface area (Å²) < 4.78 is 11.2. The van der Waals surface area contributed by atoms with Gasteiger partial charge in [0.05, 0.1) is 29.9 Å². The summed E-state index contributed by atoms with van der Waals surface area (Å²) in [5, 5.41) is 3.34. The molecule has 0 aliphatic heterocycles. The van der Waals surface area contributed by atoms with Gasteiger partial charge in [-0.2, -0.15) is 0 Å². The summed E-state index contributed by atoms with van der Waals surface area (Å²) in [7, 11) is 0. The Balaban J connectivity index is 1.91. The topological polar surface area (TPSA) is 77.0 Å². The van der Waals surface area contributed by atoms with Crippen molar-refractivity contribution in [1.82, 2.24) is 5.32 Å². The second kappa shape index (κ2) is 15.2. The number of rotatable bonds is 11. The van der Waals surface area contributed by atoms with E-state index in [1.54, 1.807) is 12.1 Å². The second-order valence-corrected chi connectivity index (χ2v) is 15.2. The van der Waals surface area contributed by atoms with Crippen molar-refractivity contribution >= 4 is 17.6 Å². The van der Waals surface area contributed by atoms with Gasteiger partial charge in [0.25, 0.3) is 5.91 Å². The highest BCUT2D eigenvalue weighted by atomic mass is 16.5. The molecule has 44 heavy (non-hydrogen) atoms. The van der Waals surface area contributed by atoms with Crippen LogP contribution in [0.25, 0.3) is 0 Å². The van der Waals surface area contributed by atoms with Crippen LogP contribution in [0, 0.1) is 16.7 Å². The number of nitrogens with one attached hydrogen (secondary N) is 1. The van der Waals surface area contributed by atoms with Crippen LogP contribution in [0.5, 0.6) is 5.75 Å². The highest BCUT2D eigenvalue weighted by Crippen LogP contribution is 2.38. The average Bonchev–Trinajstić information content (AvgIpc) is 2.93. The molecule has 1 amide bonds. The first-order valence-corrected chi connectivity index (χ1v) is 16.5. The van der Waals surface area contributed by atoms with Crippen LogP contribution < -0.4 is 10.1 Å². The lowest BCUT2D eigenvalue weighted by molar-refractivity contribution is -0.115. The maximum Gasteiger partial charge on any atom is 0.338 e. The van der Waals surface area contributed by atoms with Crippen molar-refractivity contribution in [3.8, 4) is 5.75 Å². The van der Waals surface area contributed by atoms with Gasteiger partial charge in [-0.3, -0.25) is 9.79 Å². The molecule has 0 bridgehead atoms. The number of hydrogen-bond donors (Lipinski definition) is 1. The van der Waals surface area contributed by atoms with Crippen LogP contribution >= 0.6 is 0 Å². The van der Waals surface area contributed by atoms with E-state index < -0.39 is 0 Å². The molecule has 6 nitrogen and oxygen atoms in total. The third-order valence-corrected chi connectivity index (χ3v) is 8.33. The van der Waals surface area contributed by atoms with Gasteiger partial charge < -0.3 is 14.8 Å². The molecule has 0 heterocycles. The van der Waals surface area contributed by atoms with Gasteiger partial charge in [0.15, 0.2) is 0 Å². The maximum absolute atomic E-state index is 14.2. The van der Waals surface area contributed by atoms with Crippen LogP contribution in [0.4, 0.5) is 0 Å². The summed E-state index contributed by atoms with van der Waals surface area (Å²) in [6, 6.07) is 15.0. The minimum absolute atomic E-state index is 0.0671. The second-order valence-electron chi connectivity index (χ2n) is 15.2. The predicted molar refractivity (Wildman–Crippen MR) is 181 cm³/mol. The molecule has 0 spiro atoms. The molecule has 1 N–H and O–H groups in total. The fraction of sp³-hybridized carbons (Fsp3) is 0.605. The molecule has 1 fully saturated rings. The zero-order valence-corrected chi connectivity index (χ0v) is 28.8. The first kappa shape index (κ1) is 35.3. The van der Waals surface area contributed by atoms with E-state index in [2.05, 4.69) is 46.9 Å². The van der Waals surface area contributed by atoms with E-state index >= 15 is 0 Å². The van der Waals surface area contributed by atoms with Crippen LogP contribution in [0.1, 0.15) is 135 Å². The van der Waals surface area contributed by atoms with Gasteiger partial charge in [0.2, 0.25) is 0 Å².